The molecule has 0 spiro atoms. The molecule has 4 nitrogen and oxygen atoms in total. The highest BCUT2D eigenvalue weighted by molar-refractivity contribution is 5.90. The van der Waals surface area contributed by atoms with Crippen LogP contribution < -0.4 is 5.32 Å². The second-order valence-electron chi connectivity index (χ2n) is 5.36. The summed E-state index contributed by atoms with van der Waals surface area (Å²) >= 11 is 0. The Hall–Kier alpha value is -2.07. The predicted molar refractivity (Wildman–Crippen MR) is 79.0 cm³/mol. The fourth-order valence-corrected chi connectivity index (χ4v) is 3.13. The number of aromatic amines is 1. The Labute approximate surface area is 117 Å². The molecule has 2 aromatic rings. The van der Waals surface area contributed by atoms with E-state index >= 15 is 0 Å². The van der Waals surface area contributed by atoms with Crippen molar-refractivity contribution >= 4 is 16.9 Å². The van der Waals surface area contributed by atoms with Gasteiger partial charge in [-0.3, -0.25) is 0 Å². The Morgan fingerprint density at radius 3 is 3.00 bits per heavy atom. The highest BCUT2D eigenvalue weighted by atomic mass is 16.4. The monoisotopic (exact) mass is 270 g/mol. The molecule has 1 aromatic carbocycles. The molecule has 3 rings (SSSR count). The summed E-state index contributed by atoms with van der Waals surface area (Å²) in [5.41, 5.74) is 4.02. The number of hydrogen-bond acceptors (Lipinski definition) is 2. The summed E-state index contributed by atoms with van der Waals surface area (Å²) in [5, 5.41) is 13.7. The van der Waals surface area contributed by atoms with Gasteiger partial charge in [0.15, 0.2) is 0 Å². The molecule has 0 amide bonds. The first-order valence-corrected chi connectivity index (χ1v) is 6.79. The van der Waals surface area contributed by atoms with Crippen molar-refractivity contribution in [2.75, 3.05) is 7.05 Å². The lowest BCUT2D eigenvalue weighted by molar-refractivity contribution is -0.132. The number of likely N-dealkylation sites (N-methyl/N-ethyl adjacent to an activating group) is 1. The molecule has 1 heterocycles. The van der Waals surface area contributed by atoms with Crippen molar-refractivity contribution in [2.45, 2.75) is 25.3 Å². The Morgan fingerprint density at radius 1 is 1.50 bits per heavy atom. The number of carbonyl (C=O) groups is 1. The zero-order valence-electron chi connectivity index (χ0n) is 11.6. The van der Waals surface area contributed by atoms with E-state index in [4.69, 9.17) is 5.11 Å². The normalized spacial score (nSPS) is 22.2. The molecule has 0 aliphatic heterocycles. The van der Waals surface area contributed by atoms with Crippen molar-refractivity contribution in [3.63, 3.8) is 0 Å². The zero-order valence-corrected chi connectivity index (χ0v) is 11.6. The standard InChI is InChI=1S/C16H18N2O2/c1-9(16(19)20)6-12-11-4-3-5-13-15(11)10(8-18-13)7-14(12)17-2/h3-6,8,12,14,17-18H,7H2,1-2H3,(H,19,20). The average molecular weight is 270 g/mol. The molecule has 0 radical (unpaired) electrons. The van der Waals surface area contributed by atoms with E-state index in [2.05, 4.69) is 28.6 Å². The van der Waals surface area contributed by atoms with E-state index in [1.54, 1.807) is 6.92 Å². The number of aliphatic carboxylic acids is 1. The van der Waals surface area contributed by atoms with Crippen molar-refractivity contribution < 1.29 is 9.90 Å². The van der Waals surface area contributed by atoms with Crippen molar-refractivity contribution in [2.24, 2.45) is 0 Å². The summed E-state index contributed by atoms with van der Waals surface area (Å²) in [5.74, 6) is -0.769. The molecule has 2 unspecified atom stereocenters. The first-order chi connectivity index (χ1) is 9.61. The average Bonchev–Trinajstić information content (AvgIpc) is 2.85. The van der Waals surface area contributed by atoms with Crippen LogP contribution in [0.5, 0.6) is 0 Å². The lowest BCUT2D eigenvalue weighted by atomic mass is 9.79. The summed E-state index contributed by atoms with van der Waals surface area (Å²) in [7, 11) is 1.93. The Morgan fingerprint density at radius 2 is 2.30 bits per heavy atom. The maximum Gasteiger partial charge on any atom is 0.330 e. The minimum absolute atomic E-state index is 0.0862. The summed E-state index contributed by atoms with van der Waals surface area (Å²) in [6.45, 7) is 1.65. The molecule has 4 heteroatoms. The van der Waals surface area contributed by atoms with Crippen molar-refractivity contribution in [3.05, 3.63) is 47.2 Å². The summed E-state index contributed by atoms with van der Waals surface area (Å²) in [6, 6.07) is 6.40. The van der Waals surface area contributed by atoms with Gasteiger partial charge in [-0.05, 0) is 37.6 Å². The number of carboxylic acids is 1. The highest BCUT2D eigenvalue weighted by Crippen LogP contribution is 2.37. The third kappa shape index (κ3) is 1.93. The van der Waals surface area contributed by atoms with Gasteiger partial charge in [0, 0.05) is 34.6 Å². The van der Waals surface area contributed by atoms with Crippen molar-refractivity contribution in [3.8, 4) is 0 Å². The number of aromatic nitrogens is 1. The fraction of sp³-hybridized carbons (Fsp3) is 0.312. The molecule has 2 atom stereocenters. The van der Waals surface area contributed by atoms with Gasteiger partial charge in [0.05, 0.1) is 0 Å². The highest BCUT2D eigenvalue weighted by Gasteiger charge is 2.29. The van der Waals surface area contributed by atoms with Gasteiger partial charge in [-0.25, -0.2) is 4.79 Å². The van der Waals surface area contributed by atoms with Gasteiger partial charge >= 0.3 is 5.97 Å². The van der Waals surface area contributed by atoms with Crippen LogP contribution >= 0.6 is 0 Å². The maximum atomic E-state index is 11.1. The molecule has 104 valence electrons. The zero-order chi connectivity index (χ0) is 14.3. The second kappa shape index (κ2) is 4.80. The molecule has 0 fully saturated rings. The quantitative estimate of drug-likeness (QED) is 0.750. The minimum atomic E-state index is -0.855. The van der Waals surface area contributed by atoms with Crippen LogP contribution in [0.4, 0.5) is 0 Å². The molecule has 1 aliphatic carbocycles. The molecule has 1 aliphatic rings. The van der Waals surface area contributed by atoms with E-state index in [1.165, 1.54) is 16.5 Å². The molecular formula is C16H18N2O2. The van der Waals surface area contributed by atoms with Crippen molar-refractivity contribution in [1.82, 2.24) is 10.3 Å². The largest absolute Gasteiger partial charge is 0.478 e. The molecule has 1 aromatic heterocycles. The molecule has 3 N–H and O–H groups in total. The number of rotatable bonds is 3. The van der Waals surface area contributed by atoms with E-state index in [0.29, 0.717) is 5.57 Å². The van der Waals surface area contributed by atoms with Crippen LogP contribution in [-0.2, 0) is 11.2 Å². The van der Waals surface area contributed by atoms with Gasteiger partial charge < -0.3 is 15.4 Å². The van der Waals surface area contributed by atoms with Crippen LogP contribution in [0, 0.1) is 0 Å². The lowest BCUT2D eigenvalue weighted by Gasteiger charge is -2.30. The third-order valence-electron chi connectivity index (χ3n) is 4.19. The lowest BCUT2D eigenvalue weighted by Crippen LogP contribution is -2.35. The number of carboxylic acid groups (broad SMARTS) is 1. The molecule has 0 saturated heterocycles. The number of benzene rings is 1. The van der Waals surface area contributed by atoms with E-state index in [9.17, 15) is 4.79 Å². The minimum Gasteiger partial charge on any atom is -0.478 e. The van der Waals surface area contributed by atoms with E-state index in [1.807, 2.05) is 19.2 Å². The number of hydrogen-bond donors (Lipinski definition) is 3. The van der Waals surface area contributed by atoms with Crippen LogP contribution in [0.1, 0.15) is 24.0 Å². The van der Waals surface area contributed by atoms with Gasteiger partial charge in [-0.2, -0.15) is 0 Å². The summed E-state index contributed by atoms with van der Waals surface area (Å²) < 4.78 is 0. The van der Waals surface area contributed by atoms with E-state index in [0.717, 1.165) is 11.9 Å². The van der Waals surface area contributed by atoms with E-state index < -0.39 is 5.97 Å². The smallest absolute Gasteiger partial charge is 0.330 e. The summed E-state index contributed by atoms with van der Waals surface area (Å²) in [6.07, 6.45) is 4.83. The Kier molecular flexibility index (Phi) is 3.10. The molecular weight excluding hydrogens is 252 g/mol. The SMILES string of the molecule is CNC1Cc2c[nH]c3cccc(c23)C1C=C(C)C(=O)O. The van der Waals surface area contributed by atoms with Crippen LogP contribution in [0.2, 0.25) is 0 Å². The molecule has 20 heavy (non-hydrogen) atoms. The second-order valence-corrected chi connectivity index (χ2v) is 5.36. The molecule has 0 bridgehead atoms. The van der Waals surface area contributed by atoms with Crippen LogP contribution in [0.25, 0.3) is 10.9 Å². The fourth-order valence-electron chi connectivity index (χ4n) is 3.13. The first kappa shape index (κ1) is 12.9. The Balaban J connectivity index is 2.17. The summed E-state index contributed by atoms with van der Waals surface area (Å²) in [4.78, 5) is 14.4. The number of nitrogens with one attached hydrogen (secondary N) is 2. The Bertz CT molecular complexity index is 700. The van der Waals surface area contributed by atoms with Gasteiger partial charge in [0.1, 0.15) is 0 Å². The maximum absolute atomic E-state index is 11.1. The van der Waals surface area contributed by atoms with Crippen LogP contribution in [-0.4, -0.2) is 29.1 Å². The van der Waals surface area contributed by atoms with Gasteiger partial charge in [0.25, 0.3) is 0 Å². The van der Waals surface area contributed by atoms with Gasteiger partial charge in [-0.15, -0.1) is 0 Å². The topological polar surface area (TPSA) is 65.1 Å². The van der Waals surface area contributed by atoms with Gasteiger partial charge in [-0.1, -0.05) is 18.2 Å². The van der Waals surface area contributed by atoms with Crippen LogP contribution in [0.3, 0.4) is 0 Å². The molecule has 0 saturated carbocycles. The third-order valence-corrected chi connectivity index (χ3v) is 4.19. The van der Waals surface area contributed by atoms with Crippen molar-refractivity contribution in [1.29, 1.82) is 0 Å². The first-order valence-electron chi connectivity index (χ1n) is 6.79. The van der Waals surface area contributed by atoms with E-state index in [-0.39, 0.29) is 12.0 Å². The van der Waals surface area contributed by atoms with Gasteiger partial charge in [0.2, 0.25) is 0 Å². The number of H-pyrrole nitrogens is 1. The van der Waals surface area contributed by atoms with Crippen LogP contribution in [0.15, 0.2) is 36.0 Å². The predicted octanol–water partition coefficient (Wildman–Crippen LogP) is 2.43.